The Balaban J connectivity index is 3.60. The van der Waals surface area contributed by atoms with Crippen molar-refractivity contribution in [1.82, 2.24) is 0 Å². The van der Waals surface area contributed by atoms with Crippen LogP contribution in [0.2, 0.25) is 0 Å². The minimum absolute atomic E-state index is 0.0697. The molecule has 0 saturated carbocycles. The molecule has 0 amide bonds. The van der Waals surface area contributed by atoms with E-state index in [9.17, 15) is 9.00 Å². The summed E-state index contributed by atoms with van der Waals surface area (Å²) in [5.41, 5.74) is 5.09. The van der Waals surface area contributed by atoms with Crippen molar-refractivity contribution < 1.29 is 22.8 Å². The number of hydrogen-bond acceptors (Lipinski definition) is 6. The lowest BCUT2D eigenvalue weighted by atomic mass is 10.4. The molecule has 0 heterocycles. The fraction of sp³-hybridized carbons (Fsp3) is 0.667. The second-order valence-corrected chi connectivity index (χ2v) is 2.41. The highest BCUT2D eigenvalue weighted by Crippen LogP contribution is 1.90. The molecule has 0 fully saturated rings. The third kappa shape index (κ3) is 5.16. The van der Waals surface area contributed by atoms with Crippen molar-refractivity contribution >= 4 is 30.0 Å². The fourth-order valence-corrected chi connectivity index (χ4v) is 0.473. The summed E-state index contributed by atoms with van der Waals surface area (Å²) >= 11 is 1.05. The molecule has 6 nitrogen and oxygen atoms in total. The molecule has 66 valence electrons. The Hall–Kier alpha value is -0.150. The van der Waals surface area contributed by atoms with Gasteiger partial charge in [-0.05, 0) is 0 Å². The normalized spacial score (nSPS) is 15.5. The number of nitrogens with two attached hydrogens (primary N) is 1. The molecule has 11 heavy (non-hydrogen) atoms. The van der Waals surface area contributed by atoms with Crippen LogP contribution in [0.1, 0.15) is 0 Å². The molecular formula is C3H7NO5S2. The van der Waals surface area contributed by atoms with Crippen LogP contribution < -0.4 is 5.73 Å². The van der Waals surface area contributed by atoms with Gasteiger partial charge < -0.3 is 5.73 Å². The Morgan fingerprint density at radius 1 is 1.82 bits per heavy atom. The van der Waals surface area contributed by atoms with E-state index in [1.54, 1.807) is 0 Å². The van der Waals surface area contributed by atoms with Gasteiger partial charge in [-0.25, -0.2) is 4.79 Å². The maximum atomic E-state index is 10.5. The summed E-state index contributed by atoms with van der Waals surface area (Å²) in [6.45, 7) is 0. The first-order chi connectivity index (χ1) is 5.07. The van der Waals surface area contributed by atoms with Gasteiger partial charge in [0.1, 0.15) is 6.04 Å². The van der Waals surface area contributed by atoms with Gasteiger partial charge >= 0.3 is 17.3 Å². The van der Waals surface area contributed by atoms with Crippen LogP contribution in [0.4, 0.5) is 0 Å². The summed E-state index contributed by atoms with van der Waals surface area (Å²) in [7, 11) is 0. The lowest BCUT2D eigenvalue weighted by Crippen LogP contribution is -2.34. The van der Waals surface area contributed by atoms with Crippen molar-refractivity contribution in [2.24, 2.45) is 5.73 Å². The minimum Gasteiger partial charge on any atom is -0.318 e. The smallest absolute Gasteiger partial charge is 0.318 e. The number of carbonyl (C=O) groups excluding carboxylic acids is 1. The van der Waals surface area contributed by atoms with E-state index in [4.69, 9.17) is 10.3 Å². The van der Waals surface area contributed by atoms with E-state index in [0.29, 0.717) is 0 Å². The van der Waals surface area contributed by atoms with E-state index in [0.717, 1.165) is 0 Å². The van der Waals surface area contributed by atoms with Crippen LogP contribution >= 0.6 is 12.6 Å². The van der Waals surface area contributed by atoms with E-state index < -0.39 is 23.4 Å². The van der Waals surface area contributed by atoms with Gasteiger partial charge in [0.2, 0.25) is 0 Å². The Bertz CT molecular complexity index is 162. The van der Waals surface area contributed by atoms with Gasteiger partial charge in [0.05, 0.1) is 0 Å². The van der Waals surface area contributed by atoms with Crippen LogP contribution in [-0.2, 0) is 25.4 Å². The van der Waals surface area contributed by atoms with Crippen molar-refractivity contribution in [2.75, 3.05) is 5.75 Å². The van der Waals surface area contributed by atoms with E-state index >= 15 is 0 Å². The number of rotatable bonds is 4. The molecule has 0 saturated heterocycles. The molecule has 0 aliphatic rings. The molecule has 2 atom stereocenters. The van der Waals surface area contributed by atoms with Gasteiger partial charge in [-0.15, -0.1) is 0 Å². The van der Waals surface area contributed by atoms with E-state index in [1.807, 2.05) is 0 Å². The molecular weight excluding hydrogens is 194 g/mol. The third-order valence-corrected chi connectivity index (χ3v) is 1.25. The van der Waals surface area contributed by atoms with Gasteiger partial charge in [-0.1, -0.05) is 4.33 Å². The maximum absolute atomic E-state index is 10.5. The quantitative estimate of drug-likeness (QED) is 0.230. The van der Waals surface area contributed by atoms with Crippen LogP contribution in [0.5, 0.6) is 0 Å². The minimum atomic E-state index is -2.63. The molecule has 0 bridgehead atoms. The largest absolute Gasteiger partial charge is 0.361 e. The molecule has 0 aromatic heterocycles. The Morgan fingerprint density at radius 3 is 2.73 bits per heavy atom. The summed E-state index contributed by atoms with van der Waals surface area (Å²) in [6, 6.07) is -0.957. The zero-order chi connectivity index (χ0) is 8.85. The highest BCUT2D eigenvalue weighted by atomic mass is 32.2. The molecule has 0 aliphatic carbocycles. The fourth-order valence-electron chi connectivity index (χ4n) is 0.199. The third-order valence-electron chi connectivity index (χ3n) is 0.674. The lowest BCUT2D eigenvalue weighted by molar-refractivity contribution is -0.212. The lowest BCUT2D eigenvalue weighted by Gasteiger charge is -2.03. The van der Waals surface area contributed by atoms with Gasteiger partial charge in [0.25, 0.3) is 0 Å². The Labute approximate surface area is 70.9 Å². The second-order valence-electron chi connectivity index (χ2n) is 1.48. The molecule has 0 rings (SSSR count). The first kappa shape index (κ1) is 10.8. The number of hydrogen-bond donors (Lipinski definition) is 3. The first-order valence-electron chi connectivity index (χ1n) is 2.44. The summed E-state index contributed by atoms with van der Waals surface area (Å²) in [5, 5.41) is 0. The summed E-state index contributed by atoms with van der Waals surface area (Å²) in [6.07, 6.45) is 0. The van der Waals surface area contributed by atoms with Crippen LogP contribution in [-0.4, -0.2) is 26.5 Å². The average molecular weight is 201 g/mol. The molecule has 0 radical (unpaired) electrons. The number of carbonyl (C=O) groups is 1. The average Bonchev–Trinajstić information content (AvgIpc) is 1.98. The molecule has 0 aliphatic heterocycles. The van der Waals surface area contributed by atoms with Crippen LogP contribution in [0, 0.1) is 0 Å². The van der Waals surface area contributed by atoms with Crippen molar-refractivity contribution in [1.29, 1.82) is 0 Å². The van der Waals surface area contributed by atoms with Crippen molar-refractivity contribution in [3.8, 4) is 0 Å². The monoisotopic (exact) mass is 201 g/mol. The summed E-state index contributed by atoms with van der Waals surface area (Å²) < 4.78 is 21.3. The zero-order valence-electron chi connectivity index (χ0n) is 5.30. The summed E-state index contributed by atoms with van der Waals surface area (Å²) in [5.74, 6) is -0.873. The molecule has 0 spiro atoms. The van der Waals surface area contributed by atoms with E-state index in [1.165, 1.54) is 0 Å². The highest BCUT2D eigenvalue weighted by Gasteiger charge is 2.15. The SMILES string of the molecule is NC(CS)C(=O)OOS(=O)O. The highest BCUT2D eigenvalue weighted by molar-refractivity contribution is 7.80. The van der Waals surface area contributed by atoms with Crippen LogP contribution in [0.3, 0.4) is 0 Å². The van der Waals surface area contributed by atoms with E-state index in [-0.39, 0.29) is 5.75 Å². The van der Waals surface area contributed by atoms with Crippen LogP contribution in [0.25, 0.3) is 0 Å². The van der Waals surface area contributed by atoms with Gasteiger partial charge in [0, 0.05) is 5.75 Å². The predicted octanol–water partition coefficient (Wildman–Crippen LogP) is -1.15. The predicted molar refractivity (Wildman–Crippen MR) is 39.8 cm³/mol. The molecule has 0 aromatic rings. The maximum Gasteiger partial charge on any atom is 0.361 e. The molecule has 2 unspecified atom stereocenters. The standard InChI is InChI=1S/C3H7NO5S2/c4-2(1-10)3(5)8-9-11(6)7/h2,10H,1,4H2,(H,6,7). The van der Waals surface area contributed by atoms with Gasteiger partial charge in [0.15, 0.2) is 0 Å². The number of thiol groups is 1. The van der Waals surface area contributed by atoms with E-state index in [2.05, 4.69) is 21.9 Å². The Kier molecular flexibility index (Phi) is 5.42. The van der Waals surface area contributed by atoms with Crippen LogP contribution in [0.15, 0.2) is 0 Å². The van der Waals surface area contributed by atoms with Gasteiger partial charge in [-0.2, -0.15) is 16.8 Å². The second kappa shape index (κ2) is 5.49. The van der Waals surface area contributed by atoms with Crippen molar-refractivity contribution in [3.63, 3.8) is 0 Å². The van der Waals surface area contributed by atoms with Crippen molar-refractivity contribution in [2.45, 2.75) is 6.04 Å². The topological polar surface area (TPSA) is 98.9 Å². The van der Waals surface area contributed by atoms with Crippen molar-refractivity contribution in [3.05, 3.63) is 0 Å². The first-order valence-corrected chi connectivity index (χ1v) is 4.10. The molecule has 8 heteroatoms. The summed E-state index contributed by atoms with van der Waals surface area (Å²) in [4.78, 5) is 14.3. The zero-order valence-corrected chi connectivity index (χ0v) is 7.01. The van der Waals surface area contributed by atoms with Gasteiger partial charge in [-0.3, -0.25) is 9.44 Å². The molecule has 0 aromatic carbocycles. The molecule has 3 N–H and O–H groups in total. The Morgan fingerprint density at radius 2 is 2.36 bits per heavy atom.